The SMILES string of the molecule is Cc1ccc(S(=O)(=O)N2CC(c3ccccc3)C2)cc1. The van der Waals surface area contributed by atoms with Gasteiger partial charge in [0.15, 0.2) is 0 Å². The van der Waals surface area contributed by atoms with E-state index in [4.69, 9.17) is 0 Å². The minimum Gasteiger partial charge on any atom is -0.207 e. The van der Waals surface area contributed by atoms with Crippen LogP contribution in [0.4, 0.5) is 0 Å². The number of benzene rings is 2. The molecule has 1 fully saturated rings. The van der Waals surface area contributed by atoms with Gasteiger partial charge in [-0.05, 0) is 24.6 Å². The van der Waals surface area contributed by atoms with E-state index in [1.807, 2.05) is 37.3 Å². The van der Waals surface area contributed by atoms with E-state index >= 15 is 0 Å². The van der Waals surface area contributed by atoms with Crippen LogP contribution in [-0.4, -0.2) is 25.8 Å². The highest BCUT2D eigenvalue weighted by Gasteiger charge is 2.37. The van der Waals surface area contributed by atoms with Crippen LogP contribution in [0, 0.1) is 6.92 Å². The highest BCUT2D eigenvalue weighted by Crippen LogP contribution is 2.31. The molecule has 0 unspecified atom stereocenters. The lowest BCUT2D eigenvalue weighted by Crippen LogP contribution is -2.48. The van der Waals surface area contributed by atoms with Gasteiger partial charge in [0, 0.05) is 19.0 Å². The monoisotopic (exact) mass is 287 g/mol. The lowest BCUT2D eigenvalue weighted by Gasteiger charge is -2.38. The third-order valence-electron chi connectivity index (χ3n) is 3.78. The van der Waals surface area contributed by atoms with Crippen molar-refractivity contribution in [3.63, 3.8) is 0 Å². The molecule has 0 spiro atoms. The normalized spacial score (nSPS) is 16.9. The first kappa shape index (κ1) is 13.3. The van der Waals surface area contributed by atoms with Gasteiger partial charge in [0.05, 0.1) is 4.90 Å². The van der Waals surface area contributed by atoms with Crippen LogP contribution in [0.1, 0.15) is 17.0 Å². The van der Waals surface area contributed by atoms with Gasteiger partial charge in [-0.1, -0.05) is 48.0 Å². The van der Waals surface area contributed by atoms with Crippen LogP contribution in [0.15, 0.2) is 59.5 Å². The lowest BCUT2D eigenvalue weighted by molar-refractivity contribution is 0.264. The third kappa shape index (κ3) is 2.37. The van der Waals surface area contributed by atoms with E-state index in [2.05, 4.69) is 12.1 Å². The summed E-state index contributed by atoms with van der Waals surface area (Å²) in [6.07, 6.45) is 0. The van der Waals surface area contributed by atoms with Crippen molar-refractivity contribution in [1.82, 2.24) is 4.31 Å². The Hall–Kier alpha value is -1.65. The van der Waals surface area contributed by atoms with Gasteiger partial charge in [-0.3, -0.25) is 0 Å². The van der Waals surface area contributed by atoms with E-state index in [0.717, 1.165) is 5.56 Å². The van der Waals surface area contributed by atoms with Crippen LogP contribution in [0.5, 0.6) is 0 Å². The van der Waals surface area contributed by atoms with Gasteiger partial charge >= 0.3 is 0 Å². The molecule has 0 saturated carbocycles. The molecule has 1 heterocycles. The Bertz CT molecular complexity index is 687. The fourth-order valence-electron chi connectivity index (χ4n) is 2.43. The van der Waals surface area contributed by atoms with Gasteiger partial charge in [-0.25, -0.2) is 8.42 Å². The minimum absolute atomic E-state index is 0.316. The predicted molar refractivity (Wildman–Crippen MR) is 79.1 cm³/mol. The van der Waals surface area contributed by atoms with Gasteiger partial charge in [0.1, 0.15) is 0 Å². The summed E-state index contributed by atoms with van der Waals surface area (Å²) in [5, 5.41) is 0. The summed E-state index contributed by atoms with van der Waals surface area (Å²) in [6, 6.07) is 17.1. The standard InChI is InChI=1S/C16H17NO2S/c1-13-7-9-16(10-8-13)20(18,19)17-11-15(12-17)14-5-3-2-4-6-14/h2-10,15H,11-12H2,1H3. The molecule has 2 aromatic rings. The summed E-state index contributed by atoms with van der Waals surface area (Å²) in [7, 11) is -3.33. The molecule has 0 amide bonds. The van der Waals surface area contributed by atoms with Crippen LogP contribution in [-0.2, 0) is 10.0 Å². The van der Waals surface area contributed by atoms with Crippen molar-refractivity contribution in [2.75, 3.05) is 13.1 Å². The molecule has 104 valence electrons. The first-order valence-electron chi connectivity index (χ1n) is 6.69. The number of nitrogens with zero attached hydrogens (tertiary/aromatic N) is 1. The zero-order chi connectivity index (χ0) is 14.2. The molecule has 2 aromatic carbocycles. The average molecular weight is 287 g/mol. The Kier molecular flexibility index (Phi) is 3.36. The molecule has 1 aliphatic heterocycles. The van der Waals surface area contributed by atoms with E-state index in [-0.39, 0.29) is 0 Å². The van der Waals surface area contributed by atoms with Gasteiger partial charge in [-0.2, -0.15) is 4.31 Å². The summed E-state index contributed by atoms with van der Waals surface area (Å²) >= 11 is 0. The average Bonchev–Trinajstić information content (AvgIpc) is 2.38. The van der Waals surface area contributed by atoms with Crippen LogP contribution in [0.25, 0.3) is 0 Å². The molecule has 4 heteroatoms. The van der Waals surface area contributed by atoms with E-state index in [0.29, 0.717) is 23.9 Å². The second kappa shape index (κ2) is 5.04. The lowest BCUT2D eigenvalue weighted by atomic mass is 9.94. The largest absolute Gasteiger partial charge is 0.243 e. The number of aryl methyl sites for hydroxylation is 1. The van der Waals surface area contributed by atoms with Crippen LogP contribution in [0.2, 0.25) is 0 Å². The van der Waals surface area contributed by atoms with Crippen molar-refractivity contribution in [1.29, 1.82) is 0 Å². The molecule has 3 rings (SSSR count). The topological polar surface area (TPSA) is 37.4 Å². The van der Waals surface area contributed by atoms with E-state index < -0.39 is 10.0 Å². The number of hydrogen-bond acceptors (Lipinski definition) is 2. The van der Waals surface area contributed by atoms with Gasteiger partial charge in [0.2, 0.25) is 10.0 Å². The Morgan fingerprint density at radius 3 is 2.15 bits per heavy atom. The second-order valence-corrected chi connectivity index (χ2v) is 7.18. The Balaban J connectivity index is 1.74. The molecule has 3 nitrogen and oxygen atoms in total. The van der Waals surface area contributed by atoms with Crippen molar-refractivity contribution in [3.05, 3.63) is 65.7 Å². The molecule has 1 saturated heterocycles. The molecule has 0 aliphatic carbocycles. The summed E-state index contributed by atoms with van der Waals surface area (Å²) in [6.45, 7) is 3.09. The molecular weight excluding hydrogens is 270 g/mol. The Labute approximate surface area is 119 Å². The maximum Gasteiger partial charge on any atom is 0.243 e. The molecule has 0 aromatic heterocycles. The molecule has 1 aliphatic rings. The first-order valence-corrected chi connectivity index (χ1v) is 8.13. The minimum atomic E-state index is -3.33. The van der Waals surface area contributed by atoms with Gasteiger partial charge in [0.25, 0.3) is 0 Å². The maximum atomic E-state index is 12.4. The zero-order valence-electron chi connectivity index (χ0n) is 11.4. The predicted octanol–water partition coefficient (Wildman–Crippen LogP) is 2.78. The summed E-state index contributed by atoms with van der Waals surface area (Å²) in [4.78, 5) is 0.384. The van der Waals surface area contributed by atoms with Crippen molar-refractivity contribution < 1.29 is 8.42 Å². The van der Waals surface area contributed by atoms with Crippen molar-refractivity contribution >= 4 is 10.0 Å². The van der Waals surface area contributed by atoms with Crippen LogP contribution < -0.4 is 0 Å². The number of hydrogen-bond donors (Lipinski definition) is 0. The molecule has 20 heavy (non-hydrogen) atoms. The van der Waals surface area contributed by atoms with Crippen molar-refractivity contribution in [3.8, 4) is 0 Å². The van der Waals surface area contributed by atoms with Gasteiger partial charge < -0.3 is 0 Å². The number of sulfonamides is 1. The van der Waals surface area contributed by atoms with Crippen molar-refractivity contribution in [2.24, 2.45) is 0 Å². The van der Waals surface area contributed by atoms with E-state index in [1.165, 1.54) is 5.56 Å². The Morgan fingerprint density at radius 1 is 0.950 bits per heavy atom. The summed E-state index contributed by atoms with van der Waals surface area (Å²) < 4.78 is 26.4. The van der Waals surface area contributed by atoms with Crippen LogP contribution >= 0.6 is 0 Å². The zero-order valence-corrected chi connectivity index (χ0v) is 12.2. The molecule has 0 N–H and O–H groups in total. The smallest absolute Gasteiger partial charge is 0.207 e. The third-order valence-corrected chi connectivity index (χ3v) is 5.62. The fourth-order valence-corrected chi connectivity index (χ4v) is 3.96. The highest BCUT2D eigenvalue weighted by molar-refractivity contribution is 7.89. The fraction of sp³-hybridized carbons (Fsp3) is 0.250. The van der Waals surface area contributed by atoms with E-state index in [1.54, 1.807) is 16.4 Å². The molecular formula is C16H17NO2S. The highest BCUT2D eigenvalue weighted by atomic mass is 32.2. The second-order valence-electron chi connectivity index (χ2n) is 5.24. The van der Waals surface area contributed by atoms with Crippen molar-refractivity contribution in [2.45, 2.75) is 17.7 Å². The van der Waals surface area contributed by atoms with E-state index in [9.17, 15) is 8.42 Å². The summed E-state index contributed by atoms with van der Waals surface area (Å²) in [5.41, 5.74) is 2.28. The maximum absolute atomic E-state index is 12.4. The van der Waals surface area contributed by atoms with Gasteiger partial charge in [-0.15, -0.1) is 0 Å². The molecule has 0 radical (unpaired) electrons. The first-order chi connectivity index (χ1) is 9.57. The number of rotatable bonds is 3. The summed E-state index contributed by atoms with van der Waals surface area (Å²) in [5.74, 6) is 0.316. The molecule has 0 bridgehead atoms. The van der Waals surface area contributed by atoms with Crippen LogP contribution in [0.3, 0.4) is 0 Å². The quantitative estimate of drug-likeness (QED) is 0.870. The Morgan fingerprint density at radius 2 is 1.55 bits per heavy atom. The molecule has 0 atom stereocenters.